The van der Waals surface area contributed by atoms with E-state index in [1.54, 1.807) is 0 Å². The summed E-state index contributed by atoms with van der Waals surface area (Å²) in [4.78, 5) is 1.40. The van der Waals surface area contributed by atoms with Crippen LogP contribution in [-0.2, 0) is 16.8 Å². The highest BCUT2D eigenvalue weighted by Crippen LogP contribution is 2.11. The molecule has 11 heavy (non-hydrogen) atoms. The fourth-order valence-corrected chi connectivity index (χ4v) is 1.71. The zero-order chi connectivity index (χ0) is 8.27. The van der Waals surface area contributed by atoms with E-state index < -0.39 is 0 Å². The Hall–Kier alpha value is -0.140. The van der Waals surface area contributed by atoms with Crippen LogP contribution in [0, 0.1) is 0 Å². The summed E-state index contributed by atoms with van der Waals surface area (Å²) >= 11 is 5.66. The van der Waals surface area contributed by atoms with Gasteiger partial charge in [0, 0.05) is 16.8 Å². The Morgan fingerprint density at radius 3 is 2.09 bits per heavy atom. The van der Waals surface area contributed by atoms with E-state index in [0.29, 0.717) is 16.8 Å². The van der Waals surface area contributed by atoms with Crippen LogP contribution in [0.1, 0.15) is 5.56 Å². The fraction of sp³-hybridized carbons (Fsp3) is 0.333. The molecule has 0 aromatic heterocycles. The van der Waals surface area contributed by atoms with Crippen molar-refractivity contribution in [2.75, 3.05) is 12.5 Å². The maximum atomic E-state index is 5.66. The molecule has 60 valence electrons. The number of benzene rings is 1. The predicted octanol–water partition coefficient (Wildman–Crippen LogP) is 2.66. The first-order chi connectivity index (χ1) is 5.24. The van der Waals surface area contributed by atoms with Crippen molar-refractivity contribution in [1.29, 1.82) is 0 Å². The van der Waals surface area contributed by atoms with Gasteiger partial charge in [-0.2, -0.15) is 0 Å². The predicted molar refractivity (Wildman–Crippen MR) is 53.5 cm³/mol. The van der Waals surface area contributed by atoms with Gasteiger partial charge in [0.15, 0.2) is 4.90 Å². The minimum atomic E-state index is 0.368. The Bertz CT molecular complexity index is 216. The minimum Gasteiger partial charge on any atom is -0.122 e. The summed E-state index contributed by atoms with van der Waals surface area (Å²) in [7, 11) is 0.368. The summed E-state index contributed by atoms with van der Waals surface area (Å²) in [6, 6.07) is 8.49. The van der Waals surface area contributed by atoms with Crippen molar-refractivity contribution in [3.8, 4) is 0 Å². The normalized spacial score (nSPS) is 10.5. The molecule has 0 atom stereocenters. The largest absolute Gasteiger partial charge is 0.154 e. The van der Waals surface area contributed by atoms with Gasteiger partial charge < -0.3 is 0 Å². The van der Waals surface area contributed by atoms with Crippen LogP contribution in [0.2, 0.25) is 0 Å². The smallest absolute Gasteiger partial charge is 0.122 e. The molecule has 0 aliphatic heterocycles. The van der Waals surface area contributed by atoms with Crippen molar-refractivity contribution in [3.63, 3.8) is 0 Å². The van der Waals surface area contributed by atoms with Gasteiger partial charge in [-0.05, 0) is 17.7 Å². The van der Waals surface area contributed by atoms with E-state index in [1.165, 1.54) is 10.5 Å². The molecule has 0 heterocycles. The molecule has 1 aromatic carbocycles. The fourth-order valence-electron chi connectivity index (χ4n) is 0.851. The van der Waals surface area contributed by atoms with Crippen LogP contribution in [-0.4, -0.2) is 12.5 Å². The molecule has 0 saturated carbocycles. The van der Waals surface area contributed by atoms with Gasteiger partial charge in [-0.25, -0.2) is 0 Å². The van der Waals surface area contributed by atoms with Crippen LogP contribution in [0.25, 0.3) is 0 Å². The van der Waals surface area contributed by atoms with Gasteiger partial charge in [0.2, 0.25) is 0 Å². The lowest BCUT2D eigenvalue weighted by Gasteiger charge is -1.96. The first kappa shape index (κ1) is 8.95. The molecule has 0 nitrogen and oxygen atoms in total. The molecule has 0 aliphatic rings. The van der Waals surface area contributed by atoms with Crippen molar-refractivity contribution in [2.24, 2.45) is 0 Å². The molecule has 0 bridgehead atoms. The maximum Gasteiger partial charge on any atom is 0.154 e. The third-order valence-electron chi connectivity index (χ3n) is 1.55. The van der Waals surface area contributed by atoms with Gasteiger partial charge in [0.25, 0.3) is 0 Å². The zero-order valence-corrected chi connectivity index (χ0v) is 8.38. The Labute approximate surface area is 75.9 Å². The van der Waals surface area contributed by atoms with E-state index in [4.69, 9.17) is 11.6 Å². The SMILES string of the molecule is C[S+](C)c1ccc(CCl)cc1. The minimum absolute atomic E-state index is 0.368. The van der Waals surface area contributed by atoms with Crippen LogP contribution in [0.5, 0.6) is 0 Å². The molecule has 0 N–H and O–H groups in total. The van der Waals surface area contributed by atoms with Crippen molar-refractivity contribution >= 4 is 22.5 Å². The highest BCUT2D eigenvalue weighted by Gasteiger charge is 2.05. The number of rotatable bonds is 2. The van der Waals surface area contributed by atoms with E-state index in [1.807, 2.05) is 0 Å². The first-order valence-electron chi connectivity index (χ1n) is 3.46. The lowest BCUT2D eigenvalue weighted by molar-refractivity contribution is 1.34. The molecule has 2 heteroatoms. The summed E-state index contributed by atoms with van der Waals surface area (Å²) in [5, 5.41) is 0. The van der Waals surface area contributed by atoms with Crippen molar-refractivity contribution in [2.45, 2.75) is 10.8 Å². The van der Waals surface area contributed by atoms with Gasteiger partial charge in [0.1, 0.15) is 12.5 Å². The number of hydrogen-bond acceptors (Lipinski definition) is 0. The summed E-state index contributed by atoms with van der Waals surface area (Å²) in [6.45, 7) is 0. The van der Waals surface area contributed by atoms with Crippen molar-refractivity contribution in [3.05, 3.63) is 29.8 Å². The maximum absolute atomic E-state index is 5.66. The second-order valence-corrected chi connectivity index (χ2v) is 4.97. The van der Waals surface area contributed by atoms with Crippen molar-refractivity contribution < 1.29 is 0 Å². The first-order valence-corrected chi connectivity index (χ1v) is 6.04. The molecule has 0 aliphatic carbocycles. The van der Waals surface area contributed by atoms with Crippen LogP contribution >= 0.6 is 11.6 Å². The van der Waals surface area contributed by atoms with E-state index >= 15 is 0 Å². The highest BCUT2D eigenvalue weighted by atomic mass is 35.5. The Morgan fingerprint density at radius 1 is 1.18 bits per heavy atom. The van der Waals surface area contributed by atoms with Crippen LogP contribution in [0.4, 0.5) is 0 Å². The monoisotopic (exact) mass is 187 g/mol. The molecule has 0 saturated heterocycles. The molecule has 0 fully saturated rings. The van der Waals surface area contributed by atoms with Crippen molar-refractivity contribution in [1.82, 2.24) is 0 Å². The van der Waals surface area contributed by atoms with Gasteiger partial charge in [0.05, 0.1) is 0 Å². The average molecular weight is 188 g/mol. The lowest BCUT2D eigenvalue weighted by atomic mass is 10.2. The molecule has 0 spiro atoms. The quantitative estimate of drug-likeness (QED) is 0.494. The second-order valence-electron chi connectivity index (χ2n) is 2.59. The molecular formula is C9H12ClS+. The number of alkyl halides is 1. The standard InChI is InChI=1S/C9H12ClS/c1-11(2)9-5-3-8(7-10)4-6-9/h3-6H,7H2,1-2H3/q+1. The van der Waals surface area contributed by atoms with Gasteiger partial charge in [-0.15, -0.1) is 11.6 Å². The number of hydrogen-bond donors (Lipinski definition) is 0. The molecule has 0 amide bonds. The van der Waals surface area contributed by atoms with E-state index in [9.17, 15) is 0 Å². The Balaban J connectivity index is 2.83. The molecule has 0 unspecified atom stereocenters. The van der Waals surface area contributed by atoms with Crippen LogP contribution < -0.4 is 0 Å². The van der Waals surface area contributed by atoms with Gasteiger partial charge in [-0.3, -0.25) is 0 Å². The summed E-state index contributed by atoms with van der Waals surface area (Å²) in [5.41, 5.74) is 1.20. The Kier molecular flexibility index (Phi) is 3.28. The molecule has 1 rings (SSSR count). The van der Waals surface area contributed by atoms with Crippen LogP contribution in [0.3, 0.4) is 0 Å². The zero-order valence-electron chi connectivity index (χ0n) is 6.80. The van der Waals surface area contributed by atoms with E-state index in [2.05, 4.69) is 36.8 Å². The van der Waals surface area contributed by atoms with Gasteiger partial charge >= 0.3 is 0 Å². The van der Waals surface area contributed by atoms with E-state index in [0.717, 1.165) is 0 Å². The topological polar surface area (TPSA) is 0 Å². The number of halogens is 1. The second kappa shape index (κ2) is 4.03. The highest BCUT2D eigenvalue weighted by molar-refractivity contribution is 7.95. The Morgan fingerprint density at radius 2 is 1.73 bits per heavy atom. The summed E-state index contributed by atoms with van der Waals surface area (Å²) < 4.78 is 0. The molecule has 1 aromatic rings. The molecular weight excluding hydrogens is 176 g/mol. The summed E-state index contributed by atoms with van der Waals surface area (Å²) in [6.07, 6.45) is 4.44. The average Bonchev–Trinajstić information content (AvgIpc) is 2.05. The van der Waals surface area contributed by atoms with E-state index in [-0.39, 0.29) is 0 Å². The van der Waals surface area contributed by atoms with Gasteiger partial charge in [-0.1, -0.05) is 12.1 Å². The third kappa shape index (κ3) is 2.42. The third-order valence-corrected chi connectivity index (χ3v) is 3.07. The molecule has 0 radical (unpaired) electrons. The lowest BCUT2D eigenvalue weighted by Crippen LogP contribution is -1.94. The van der Waals surface area contributed by atoms with Crippen LogP contribution in [0.15, 0.2) is 29.2 Å². The summed E-state index contributed by atoms with van der Waals surface area (Å²) in [5.74, 6) is 0.613.